The molecule has 0 fully saturated rings. The lowest BCUT2D eigenvalue weighted by molar-refractivity contribution is -0.122. The Kier molecular flexibility index (Phi) is 5.48. The molecule has 0 bridgehead atoms. The van der Waals surface area contributed by atoms with E-state index in [0.717, 1.165) is 16.7 Å². The molecule has 8 nitrogen and oxygen atoms in total. The van der Waals surface area contributed by atoms with Gasteiger partial charge in [0.15, 0.2) is 0 Å². The van der Waals surface area contributed by atoms with Gasteiger partial charge in [-0.25, -0.2) is 13.9 Å². The van der Waals surface area contributed by atoms with E-state index in [1.54, 1.807) is 23.6 Å². The molecule has 3 aromatic heterocycles. The maximum Gasteiger partial charge on any atom is 0.352 e. The van der Waals surface area contributed by atoms with Crippen LogP contribution in [0.15, 0.2) is 45.3 Å². The number of nitrogens with zero attached hydrogens (tertiary/aromatic N) is 4. The van der Waals surface area contributed by atoms with Crippen molar-refractivity contribution >= 4 is 44.8 Å². The van der Waals surface area contributed by atoms with E-state index in [4.69, 9.17) is 11.6 Å². The van der Waals surface area contributed by atoms with E-state index in [1.807, 2.05) is 26.0 Å². The van der Waals surface area contributed by atoms with Gasteiger partial charge in [0.05, 0.1) is 12.1 Å². The van der Waals surface area contributed by atoms with Crippen molar-refractivity contribution in [1.29, 1.82) is 0 Å². The second-order valence-corrected chi connectivity index (χ2v) is 8.46. The van der Waals surface area contributed by atoms with Crippen LogP contribution in [0.4, 0.5) is 0 Å². The molecule has 156 valence electrons. The van der Waals surface area contributed by atoms with Crippen LogP contribution in [0.2, 0.25) is 5.02 Å². The van der Waals surface area contributed by atoms with Crippen molar-refractivity contribution in [2.24, 2.45) is 0 Å². The molecule has 1 amide bonds. The maximum atomic E-state index is 13.1. The van der Waals surface area contributed by atoms with E-state index in [9.17, 15) is 14.4 Å². The average molecular weight is 446 g/mol. The van der Waals surface area contributed by atoms with Crippen LogP contribution in [0.25, 0.3) is 16.0 Å². The van der Waals surface area contributed by atoms with Crippen LogP contribution < -0.4 is 16.6 Å². The largest absolute Gasteiger partial charge is 0.352 e. The number of benzene rings is 1. The number of carbonyl (C=O) groups is 1. The van der Waals surface area contributed by atoms with Gasteiger partial charge in [-0.1, -0.05) is 30.7 Å². The highest BCUT2D eigenvalue weighted by Crippen LogP contribution is 2.18. The molecule has 0 saturated heterocycles. The Balaban J connectivity index is 1.85. The summed E-state index contributed by atoms with van der Waals surface area (Å²) in [5.41, 5.74) is 0.642. The third-order valence-corrected chi connectivity index (χ3v) is 6.10. The summed E-state index contributed by atoms with van der Waals surface area (Å²) in [6.45, 7) is 3.86. The fourth-order valence-corrected chi connectivity index (χ4v) is 4.16. The fraction of sp³-hybridized carbons (Fsp3) is 0.300. The highest BCUT2D eigenvalue weighted by Gasteiger charge is 2.20. The monoisotopic (exact) mass is 445 g/mol. The Bertz CT molecular complexity index is 1350. The van der Waals surface area contributed by atoms with Crippen molar-refractivity contribution in [3.05, 3.63) is 67.1 Å². The summed E-state index contributed by atoms with van der Waals surface area (Å²) in [6.07, 6.45) is 0.780. The van der Waals surface area contributed by atoms with Crippen molar-refractivity contribution in [2.45, 2.75) is 39.4 Å². The molecule has 3 heterocycles. The lowest BCUT2D eigenvalue weighted by Crippen LogP contribution is -2.37. The topological polar surface area (TPSA) is 90.4 Å². The third-order valence-electron chi connectivity index (χ3n) is 4.96. The minimum Gasteiger partial charge on any atom is -0.352 e. The van der Waals surface area contributed by atoms with E-state index in [1.165, 1.54) is 20.3 Å². The van der Waals surface area contributed by atoms with Gasteiger partial charge in [0, 0.05) is 11.1 Å². The number of amides is 1. The van der Waals surface area contributed by atoms with Gasteiger partial charge in [0.2, 0.25) is 11.7 Å². The number of halogens is 1. The van der Waals surface area contributed by atoms with Crippen molar-refractivity contribution in [1.82, 2.24) is 24.1 Å². The molecule has 0 aliphatic rings. The van der Waals surface area contributed by atoms with Crippen LogP contribution in [0.5, 0.6) is 0 Å². The van der Waals surface area contributed by atoms with Crippen LogP contribution >= 0.6 is 22.9 Å². The molecule has 1 N–H and O–H groups in total. The summed E-state index contributed by atoms with van der Waals surface area (Å²) in [6, 6.07) is 8.83. The lowest BCUT2D eigenvalue weighted by atomic mass is 10.2. The Morgan fingerprint density at radius 3 is 2.67 bits per heavy atom. The van der Waals surface area contributed by atoms with E-state index in [-0.39, 0.29) is 36.4 Å². The van der Waals surface area contributed by atoms with Crippen molar-refractivity contribution in [3.63, 3.8) is 0 Å². The van der Waals surface area contributed by atoms with Gasteiger partial charge in [-0.2, -0.15) is 0 Å². The molecule has 0 aliphatic heterocycles. The predicted octanol–water partition coefficient (Wildman–Crippen LogP) is 2.49. The van der Waals surface area contributed by atoms with Gasteiger partial charge in [-0.3, -0.25) is 14.2 Å². The van der Waals surface area contributed by atoms with Crippen molar-refractivity contribution in [2.75, 3.05) is 0 Å². The summed E-state index contributed by atoms with van der Waals surface area (Å²) in [5, 5.41) is 9.52. The molecular formula is C20H20ClN5O3S. The second kappa shape index (κ2) is 8.08. The number of aromatic nitrogens is 4. The zero-order valence-electron chi connectivity index (χ0n) is 16.5. The normalized spacial score (nSPS) is 12.5. The summed E-state index contributed by atoms with van der Waals surface area (Å²) < 4.78 is 4.40. The zero-order chi connectivity index (χ0) is 21.4. The number of thiophene rings is 1. The van der Waals surface area contributed by atoms with E-state index >= 15 is 0 Å². The molecular weight excluding hydrogens is 426 g/mol. The van der Waals surface area contributed by atoms with Crippen LogP contribution in [-0.4, -0.2) is 30.7 Å². The first-order chi connectivity index (χ1) is 14.4. The highest BCUT2D eigenvalue weighted by atomic mass is 35.5. The van der Waals surface area contributed by atoms with E-state index < -0.39 is 5.69 Å². The summed E-state index contributed by atoms with van der Waals surface area (Å²) >= 11 is 7.23. The number of carbonyl (C=O) groups excluding carboxylic acids is 1. The Labute approximate surface area is 180 Å². The number of nitrogens with one attached hydrogen (secondary N) is 1. The quantitative estimate of drug-likeness (QED) is 0.493. The van der Waals surface area contributed by atoms with E-state index in [2.05, 4.69) is 10.4 Å². The van der Waals surface area contributed by atoms with Gasteiger partial charge in [0.1, 0.15) is 11.2 Å². The molecule has 4 aromatic rings. The van der Waals surface area contributed by atoms with Gasteiger partial charge >= 0.3 is 5.69 Å². The molecule has 0 radical (unpaired) electrons. The molecule has 1 unspecified atom stereocenters. The smallest absolute Gasteiger partial charge is 0.352 e. The third kappa shape index (κ3) is 3.66. The van der Waals surface area contributed by atoms with Gasteiger partial charge in [0.25, 0.3) is 5.56 Å². The van der Waals surface area contributed by atoms with Crippen LogP contribution in [-0.2, 0) is 17.9 Å². The first-order valence-corrected chi connectivity index (χ1v) is 10.8. The highest BCUT2D eigenvalue weighted by molar-refractivity contribution is 7.17. The molecule has 1 atom stereocenters. The van der Waals surface area contributed by atoms with Gasteiger partial charge < -0.3 is 5.32 Å². The zero-order valence-corrected chi connectivity index (χ0v) is 18.0. The standard InChI is InChI=1S/C20H20ClN5O3S/c1-3-12(2)22-16(27)11-25-20(29)26-15-8-9-30-17(15)18(28)24(19(26)23-25)10-13-4-6-14(21)7-5-13/h4-9,12H,3,10-11H2,1-2H3,(H,22,27). The number of hydrogen-bond acceptors (Lipinski definition) is 5. The SMILES string of the molecule is CCC(C)NC(=O)Cn1nc2n(Cc3ccc(Cl)cc3)c(=O)c3sccc3n2c1=O. The Morgan fingerprint density at radius 1 is 1.23 bits per heavy atom. The summed E-state index contributed by atoms with van der Waals surface area (Å²) in [5.74, 6) is -0.106. The lowest BCUT2D eigenvalue weighted by Gasteiger charge is -2.10. The average Bonchev–Trinajstić information content (AvgIpc) is 3.32. The van der Waals surface area contributed by atoms with Gasteiger partial charge in [-0.15, -0.1) is 16.4 Å². The first kappa shape index (κ1) is 20.4. The molecule has 1 aromatic carbocycles. The molecule has 30 heavy (non-hydrogen) atoms. The second-order valence-electron chi connectivity index (χ2n) is 7.11. The van der Waals surface area contributed by atoms with Crippen LogP contribution in [0, 0.1) is 0 Å². The fourth-order valence-electron chi connectivity index (χ4n) is 3.21. The molecule has 0 saturated carbocycles. The molecule has 0 aliphatic carbocycles. The van der Waals surface area contributed by atoms with Gasteiger partial charge in [-0.05, 0) is 42.5 Å². The Morgan fingerprint density at radius 2 is 1.97 bits per heavy atom. The van der Waals surface area contributed by atoms with E-state index in [0.29, 0.717) is 15.2 Å². The molecule has 10 heteroatoms. The minimum atomic E-state index is -0.461. The number of rotatable bonds is 6. The number of fused-ring (bicyclic) bond motifs is 3. The molecule has 0 spiro atoms. The van der Waals surface area contributed by atoms with Crippen molar-refractivity contribution < 1.29 is 4.79 Å². The van der Waals surface area contributed by atoms with Crippen LogP contribution in [0.3, 0.4) is 0 Å². The predicted molar refractivity (Wildman–Crippen MR) is 118 cm³/mol. The maximum absolute atomic E-state index is 13.1. The first-order valence-electron chi connectivity index (χ1n) is 9.52. The summed E-state index contributed by atoms with van der Waals surface area (Å²) in [4.78, 5) is 38.5. The van der Waals surface area contributed by atoms with Crippen LogP contribution in [0.1, 0.15) is 25.8 Å². The number of hydrogen-bond donors (Lipinski definition) is 1. The summed E-state index contributed by atoms with van der Waals surface area (Å²) in [7, 11) is 0. The van der Waals surface area contributed by atoms with Crippen molar-refractivity contribution in [3.8, 4) is 0 Å². The molecule has 4 rings (SSSR count). The minimum absolute atomic E-state index is 0.00287. The Hall–Kier alpha value is -2.91.